The Morgan fingerprint density at radius 3 is 2.81 bits per heavy atom. The van der Waals surface area contributed by atoms with Crippen LogP contribution in [0.25, 0.3) is 0 Å². The maximum atomic E-state index is 11.6. The molecule has 4 heteroatoms. The third kappa shape index (κ3) is 2.10. The van der Waals surface area contributed by atoms with Crippen LogP contribution in [0.1, 0.15) is 23.7 Å². The van der Waals surface area contributed by atoms with E-state index in [9.17, 15) is 4.79 Å². The molecule has 1 fully saturated rings. The van der Waals surface area contributed by atoms with E-state index in [1.165, 1.54) is 7.11 Å². The van der Waals surface area contributed by atoms with E-state index in [-0.39, 0.29) is 5.97 Å². The van der Waals surface area contributed by atoms with Crippen molar-refractivity contribution in [2.24, 2.45) is 5.92 Å². The summed E-state index contributed by atoms with van der Waals surface area (Å²) in [6.45, 7) is 2.17. The highest BCUT2D eigenvalue weighted by molar-refractivity contribution is 5.96. The fourth-order valence-corrected chi connectivity index (χ4v) is 1.69. The van der Waals surface area contributed by atoms with Gasteiger partial charge in [-0.3, -0.25) is 0 Å². The third-order valence-corrected chi connectivity index (χ3v) is 2.90. The van der Waals surface area contributed by atoms with Crippen molar-refractivity contribution in [3.8, 4) is 0 Å². The van der Waals surface area contributed by atoms with E-state index >= 15 is 0 Å². The van der Waals surface area contributed by atoms with Gasteiger partial charge < -0.3 is 15.8 Å². The van der Waals surface area contributed by atoms with Gasteiger partial charge in [0.1, 0.15) is 0 Å². The van der Waals surface area contributed by atoms with E-state index in [0.717, 1.165) is 12.1 Å². The molecular weight excluding hydrogens is 204 g/mol. The summed E-state index contributed by atoms with van der Waals surface area (Å²) < 4.78 is 4.73. The van der Waals surface area contributed by atoms with Crippen molar-refractivity contribution in [2.75, 3.05) is 18.2 Å². The first-order valence-electron chi connectivity index (χ1n) is 5.36. The van der Waals surface area contributed by atoms with Crippen molar-refractivity contribution in [1.29, 1.82) is 0 Å². The van der Waals surface area contributed by atoms with Gasteiger partial charge in [-0.1, -0.05) is 6.92 Å². The standard InChI is InChI=1S/C12H16N2O2/c1-7-5-11(7)14-10-4-3-8(13)6-9(10)12(15)16-2/h3-4,6-7,11,14H,5,13H2,1-2H3. The summed E-state index contributed by atoms with van der Waals surface area (Å²) in [5, 5.41) is 3.32. The molecule has 0 aromatic heterocycles. The van der Waals surface area contributed by atoms with Crippen LogP contribution in [-0.2, 0) is 4.74 Å². The Morgan fingerprint density at radius 2 is 2.25 bits per heavy atom. The van der Waals surface area contributed by atoms with Gasteiger partial charge in [0.05, 0.1) is 12.7 Å². The topological polar surface area (TPSA) is 64.3 Å². The highest BCUT2D eigenvalue weighted by Gasteiger charge is 2.33. The number of benzene rings is 1. The first-order chi connectivity index (χ1) is 7.61. The zero-order chi connectivity index (χ0) is 11.7. The number of nitrogens with two attached hydrogens (primary N) is 1. The van der Waals surface area contributed by atoms with Crippen LogP contribution in [0, 0.1) is 5.92 Å². The molecule has 16 heavy (non-hydrogen) atoms. The molecule has 1 aromatic rings. The number of esters is 1. The summed E-state index contributed by atoms with van der Waals surface area (Å²) in [5.74, 6) is 0.311. The SMILES string of the molecule is COC(=O)c1cc(N)ccc1NC1CC1C. The Hall–Kier alpha value is -1.71. The first-order valence-corrected chi connectivity index (χ1v) is 5.36. The van der Waals surface area contributed by atoms with Gasteiger partial charge in [-0.25, -0.2) is 4.79 Å². The summed E-state index contributed by atoms with van der Waals surface area (Å²) in [6.07, 6.45) is 1.14. The predicted octanol–water partition coefficient (Wildman–Crippen LogP) is 1.88. The molecule has 0 heterocycles. The second-order valence-electron chi connectivity index (χ2n) is 4.26. The van der Waals surface area contributed by atoms with Crippen molar-refractivity contribution in [3.63, 3.8) is 0 Å². The lowest BCUT2D eigenvalue weighted by atomic mass is 10.1. The molecule has 0 saturated heterocycles. The molecule has 0 bridgehead atoms. The van der Waals surface area contributed by atoms with Crippen molar-refractivity contribution < 1.29 is 9.53 Å². The molecule has 1 aromatic carbocycles. The summed E-state index contributed by atoms with van der Waals surface area (Å²) >= 11 is 0. The number of hydrogen-bond donors (Lipinski definition) is 2. The lowest BCUT2D eigenvalue weighted by Gasteiger charge is -2.10. The largest absolute Gasteiger partial charge is 0.465 e. The molecule has 0 amide bonds. The van der Waals surface area contributed by atoms with Crippen LogP contribution in [0.15, 0.2) is 18.2 Å². The van der Waals surface area contributed by atoms with Crippen LogP contribution >= 0.6 is 0 Å². The van der Waals surface area contributed by atoms with E-state index in [0.29, 0.717) is 23.2 Å². The van der Waals surface area contributed by atoms with Gasteiger partial charge in [0.15, 0.2) is 0 Å². The average molecular weight is 220 g/mol. The summed E-state index contributed by atoms with van der Waals surface area (Å²) in [6, 6.07) is 5.71. The molecule has 2 atom stereocenters. The summed E-state index contributed by atoms with van der Waals surface area (Å²) in [7, 11) is 1.37. The smallest absolute Gasteiger partial charge is 0.340 e. The lowest BCUT2D eigenvalue weighted by molar-refractivity contribution is 0.0602. The van der Waals surface area contributed by atoms with Crippen LogP contribution in [0.3, 0.4) is 0 Å². The van der Waals surface area contributed by atoms with Gasteiger partial charge in [-0.2, -0.15) is 0 Å². The number of rotatable bonds is 3. The minimum Gasteiger partial charge on any atom is -0.465 e. The zero-order valence-corrected chi connectivity index (χ0v) is 9.49. The Kier molecular flexibility index (Phi) is 2.73. The molecule has 0 spiro atoms. The highest BCUT2D eigenvalue weighted by atomic mass is 16.5. The quantitative estimate of drug-likeness (QED) is 0.603. The van der Waals surface area contributed by atoms with E-state index in [1.54, 1.807) is 12.1 Å². The van der Waals surface area contributed by atoms with Crippen LogP contribution < -0.4 is 11.1 Å². The number of carbonyl (C=O) groups is 1. The van der Waals surface area contributed by atoms with Crippen molar-refractivity contribution in [2.45, 2.75) is 19.4 Å². The predicted molar refractivity (Wildman–Crippen MR) is 63.4 cm³/mol. The summed E-state index contributed by atoms with van der Waals surface area (Å²) in [5.41, 5.74) is 7.53. The second kappa shape index (κ2) is 4.04. The van der Waals surface area contributed by atoms with Crippen LogP contribution in [-0.4, -0.2) is 19.1 Å². The Morgan fingerprint density at radius 1 is 1.56 bits per heavy atom. The van der Waals surface area contributed by atoms with Gasteiger partial charge in [-0.15, -0.1) is 0 Å². The minimum absolute atomic E-state index is 0.358. The van der Waals surface area contributed by atoms with Crippen molar-refractivity contribution in [1.82, 2.24) is 0 Å². The fourth-order valence-electron chi connectivity index (χ4n) is 1.69. The molecule has 4 nitrogen and oxygen atoms in total. The number of hydrogen-bond acceptors (Lipinski definition) is 4. The minimum atomic E-state index is -0.358. The molecule has 2 unspecified atom stereocenters. The second-order valence-corrected chi connectivity index (χ2v) is 4.26. The molecular formula is C12H16N2O2. The molecule has 2 rings (SSSR count). The van der Waals surface area contributed by atoms with Gasteiger partial charge in [0.25, 0.3) is 0 Å². The van der Waals surface area contributed by atoms with Gasteiger partial charge in [0, 0.05) is 17.4 Å². The molecule has 0 aliphatic heterocycles. The number of ether oxygens (including phenoxy) is 1. The molecule has 3 N–H and O–H groups in total. The van der Waals surface area contributed by atoms with E-state index in [1.807, 2.05) is 6.07 Å². The number of nitrogen functional groups attached to an aromatic ring is 1. The van der Waals surface area contributed by atoms with Crippen LogP contribution in [0.2, 0.25) is 0 Å². The monoisotopic (exact) mass is 220 g/mol. The Bertz CT molecular complexity index is 417. The molecule has 1 aliphatic carbocycles. The molecule has 0 radical (unpaired) electrons. The van der Waals surface area contributed by atoms with Crippen molar-refractivity contribution >= 4 is 17.3 Å². The number of anilines is 2. The van der Waals surface area contributed by atoms with Gasteiger partial charge >= 0.3 is 5.97 Å². The highest BCUT2D eigenvalue weighted by Crippen LogP contribution is 2.34. The molecule has 86 valence electrons. The van der Waals surface area contributed by atoms with Crippen molar-refractivity contribution in [3.05, 3.63) is 23.8 Å². The summed E-state index contributed by atoms with van der Waals surface area (Å²) in [4.78, 5) is 11.6. The van der Waals surface area contributed by atoms with Crippen LogP contribution in [0.4, 0.5) is 11.4 Å². The maximum Gasteiger partial charge on any atom is 0.340 e. The number of methoxy groups -OCH3 is 1. The van der Waals surface area contributed by atoms with E-state index < -0.39 is 0 Å². The van der Waals surface area contributed by atoms with Gasteiger partial charge in [-0.05, 0) is 30.5 Å². The molecule has 1 saturated carbocycles. The third-order valence-electron chi connectivity index (χ3n) is 2.90. The Balaban J connectivity index is 2.24. The average Bonchev–Trinajstić information content (AvgIpc) is 2.96. The zero-order valence-electron chi connectivity index (χ0n) is 9.49. The van der Waals surface area contributed by atoms with E-state index in [2.05, 4.69) is 12.2 Å². The maximum absolute atomic E-state index is 11.6. The number of carbonyl (C=O) groups excluding carboxylic acids is 1. The normalized spacial score (nSPS) is 22.6. The lowest BCUT2D eigenvalue weighted by Crippen LogP contribution is -2.11. The first kappa shape index (κ1) is 10.8. The fraction of sp³-hybridized carbons (Fsp3) is 0.417. The Labute approximate surface area is 94.8 Å². The number of nitrogens with one attached hydrogen (secondary N) is 1. The van der Waals surface area contributed by atoms with E-state index in [4.69, 9.17) is 10.5 Å². The molecule has 1 aliphatic rings. The van der Waals surface area contributed by atoms with Gasteiger partial charge in [0.2, 0.25) is 0 Å². The van der Waals surface area contributed by atoms with Crippen LogP contribution in [0.5, 0.6) is 0 Å².